The molecule has 0 aromatic heterocycles. The minimum Gasteiger partial charge on any atom is -1.00 e. The number of methoxy groups -OCH3 is 6. The largest absolute Gasteiger partial charge is 1.00 e. The van der Waals surface area contributed by atoms with Gasteiger partial charge in [-0.2, -0.15) is 36.4 Å². The van der Waals surface area contributed by atoms with Crippen LogP contribution in [0.4, 0.5) is 0 Å². The first-order valence-corrected chi connectivity index (χ1v) is 37.8. The van der Waals surface area contributed by atoms with Crippen LogP contribution in [0.2, 0.25) is 0 Å². The summed E-state index contributed by atoms with van der Waals surface area (Å²) >= 11 is 16.4. The third kappa shape index (κ3) is 22.3. The fourth-order valence-electron chi connectivity index (χ4n) is 12.8. The van der Waals surface area contributed by atoms with Crippen LogP contribution < -0.4 is 56.7 Å². The zero-order valence-corrected chi connectivity index (χ0v) is 68.0. The van der Waals surface area contributed by atoms with Gasteiger partial charge in [-0.15, -0.1) is 47.3 Å². The molecule has 0 spiro atoms. The van der Waals surface area contributed by atoms with Gasteiger partial charge in [0.2, 0.25) is 0 Å². The van der Waals surface area contributed by atoms with E-state index in [-0.39, 0.29) is 89.8 Å². The maximum Gasteiger partial charge on any atom is 1.00 e. The molecule has 16 rings (SSSR count). The summed E-state index contributed by atoms with van der Waals surface area (Å²) in [6.45, 7) is -0.0959. The average molecular weight is 1780 g/mol. The number of alkyl halides is 2. The van der Waals surface area contributed by atoms with Crippen LogP contribution in [0.1, 0.15) is 87.4 Å². The summed E-state index contributed by atoms with van der Waals surface area (Å²) in [7, 11) is 9.11. The van der Waals surface area contributed by atoms with E-state index in [1.54, 1.807) is 75.9 Å². The van der Waals surface area contributed by atoms with Crippen molar-refractivity contribution in [3.8, 4) is 34.5 Å². The van der Waals surface area contributed by atoms with Crippen LogP contribution in [0.15, 0.2) is 212 Å². The Bertz CT molecular complexity index is 5180. The molecule has 2 aliphatic carbocycles. The van der Waals surface area contributed by atoms with Crippen molar-refractivity contribution >= 4 is 188 Å². The minimum atomic E-state index is -0.718. The number of ether oxygens (including phenoxy) is 7. The van der Waals surface area contributed by atoms with Crippen molar-refractivity contribution < 1.29 is 112 Å². The second-order valence-corrected chi connectivity index (χ2v) is 31.1. The molecule has 0 fully saturated rings. The predicted octanol–water partition coefficient (Wildman–Crippen LogP) is 12.9. The van der Waals surface area contributed by atoms with Gasteiger partial charge in [0.05, 0.1) is 78.1 Å². The van der Waals surface area contributed by atoms with Crippen molar-refractivity contribution in [3.63, 3.8) is 0 Å². The quantitative estimate of drug-likeness (QED) is 0.0250. The molecule has 0 radical (unpaired) electrons. The Morgan fingerprint density at radius 2 is 0.806 bits per heavy atom. The summed E-state index contributed by atoms with van der Waals surface area (Å²) < 4.78 is 35.3. The number of halogens is 5. The van der Waals surface area contributed by atoms with E-state index in [1.165, 1.54) is 106 Å². The molecular weight excluding hydrogens is 1700 g/mol. The second kappa shape index (κ2) is 43.7. The molecule has 0 atom stereocenters. The molecule has 0 bridgehead atoms. The van der Waals surface area contributed by atoms with E-state index in [9.17, 15) is 39.6 Å². The van der Waals surface area contributed by atoms with Crippen LogP contribution in [-0.4, -0.2) is 108 Å². The van der Waals surface area contributed by atoms with Gasteiger partial charge < -0.3 is 55.0 Å². The normalized spacial score (nSPS) is 11.2. The zero-order chi connectivity index (χ0) is 75.3. The Morgan fingerprint density at radius 3 is 1.29 bits per heavy atom. The first kappa shape index (κ1) is 89.3. The number of aliphatic hydroxyl groups is 2. The molecule has 0 unspecified atom stereocenters. The van der Waals surface area contributed by atoms with Crippen LogP contribution in [0, 0.1) is 6.07 Å². The van der Waals surface area contributed by atoms with Crippen molar-refractivity contribution in [2.45, 2.75) is 49.6 Å². The number of rotatable bonds is 10. The number of carbonyl (C=O) groups excluding carboxylic acids is 4. The molecule has 13 aromatic carbocycles. The Labute approximate surface area is 705 Å². The van der Waals surface area contributed by atoms with Gasteiger partial charge in [-0.1, -0.05) is 129 Å². The molecule has 108 heavy (non-hydrogen) atoms. The number of aromatic hydroxyl groups is 2. The van der Waals surface area contributed by atoms with Gasteiger partial charge in [0.15, 0.2) is 17.4 Å². The zero-order valence-electron chi connectivity index (χ0n) is 61.1. The van der Waals surface area contributed by atoms with Gasteiger partial charge in [-0.3, -0.25) is 0 Å². The number of cyclic esters (lactones) is 2. The summed E-state index contributed by atoms with van der Waals surface area (Å²) in [6, 6.07) is 69.4. The molecule has 15 nitrogen and oxygen atoms in total. The molecular formula is C84H77AlBBr5Li2O15. The van der Waals surface area contributed by atoms with E-state index < -0.39 is 23.9 Å². The number of carbonyl (C=O) groups is 4. The third-order valence-electron chi connectivity index (χ3n) is 17.3. The van der Waals surface area contributed by atoms with E-state index in [2.05, 4.69) is 169 Å². The molecule has 0 saturated carbocycles. The molecule has 0 amide bonds. The summed E-state index contributed by atoms with van der Waals surface area (Å²) in [5.41, 5.74) is 11.0. The molecule has 13 aromatic rings. The van der Waals surface area contributed by atoms with E-state index in [1.807, 2.05) is 66.7 Å². The van der Waals surface area contributed by atoms with Crippen LogP contribution in [0.3, 0.4) is 0 Å². The molecule has 0 saturated heterocycles. The van der Waals surface area contributed by atoms with Crippen molar-refractivity contribution in [1.29, 1.82) is 0 Å². The summed E-state index contributed by atoms with van der Waals surface area (Å²) in [4.78, 5) is 46.7. The fourth-order valence-corrected chi connectivity index (χ4v) is 13.7. The number of benzene rings is 13. The van der Waals surface area contributed by atoms with Gasteiger partial charge in [-0.25, -0.2) is 19.2 Å². The first-order valence-electron chi connectivity index (χ1n) is 32.8. The molecule has 1 heterocycles. The Morgan fingerprint density at radius 1 is 0.417 bits per heavy atom. The van der Waals surface area contributed by atoms with Crippen molar-refractivity contribution in [2.24, 2.45) is 0 Å². The van der Waals surface area contributed by atoms with Crippen molar-refractivity contribution in [3.05, 3.63) is 285 Å². The smallest absolute Gasteiger partial charge is 1.00 e. The summed E-state index contributed by atoms with van der Waals surface area (Å²) in [6.07, 6.45) is 4.53. The topological polar surface area (TPSA) is 214 Å². The Balaban J connectivity index is 0.000000227. The van der Waals surface area contributed by atoms with E-state index in [0.29, 0.717) is 49.9 Å². The number of aliphatic hydroxyl groups excluding tert-OH is 2. The molecule has 4 N–H and O–H groups in total. The summed E-state index contributed by atoms with van der Waals surface area (Å²) in [5.74, 6) is 1.08. The van der Waals surface area contributed by atoms with Gasteiger partial charge in [0.1, 0.15) is 34.5 Å². The van der Waals surface area contributed by atoms with Crippen LogP contribution in [-0.2, 0) is 63.8 Å². The van der Waals surface area contributed by atoms with E-state index in [4.69, 9.17) is 28.4 Å². The third-order valence-corrected chi connectivity index (χ3v) is 18.5. The number of phenolic OH excluding ortho intramolecular Hbond substituents is 2. The minimum absolute atomic E-state index is 0. The van der Waals surface area contributed by atoms with Gasteiger partial charge in [0, 0.05) is 21.4 Å². The van der Waals surface area contributed by atoms with Gasteiger partial charge >= 0.3 is 64.8 Å². The van der Waals surface area contributed by atoms with Crippen molar-refractivity contribution in [1.82, 2.24) is 0 Å². The number of hydrogen-bond donors (Lipinski definition) is 4. The molecule has 3 aliphatic rings. The fraction of sp³-hybridized carbons (Fsp3) is 0.167. The van der Waals surface area contributed by atoms with Gasteiger partial charge in [0.25, 0.3) is 0 Å². The molecule has 546 valence electrons. The Hall–Kier alpha value is -7.59. The maximum absolute atomic E-state index is 11.9. The first-order chi connectivity index (χ1) is 50.8. The predicted molar refractivity (Wildman–Crippen MR) is 446 cm³/mol. The number of fused-ring (bicyclic) bond motifs is 3. The van der Waals surface area contributed by atoms with Crippen LogP contribution in [0.25, 0.3) is 64.6 Å². The second-order valence-electron chi connectivity index (χ2n) is 23.6. The Kier molecular flexibility index (Phi) is 36.1. The molecule has 24 heteroatoms. The average Bonchev–Trinajstić information content (AvgIpc) is 1.65. The van der Waals surface area contributed by atoms with Crippen LogP contribution >= 0.6 is 79.1 Å². The number of phenols is 2. The SMILES string of the molecule is BrB(Br)Br.COC(=O)c1cccc2cc(OC)cc(C(=O)OC)c12.COc1cc(CBr)c2c(CBr)cccc2c1.COc1cc(CO)c2c(CO)cccc2c1.COc1cc2c3c(cccc3c1)CC2.O=C1OC(=O)c2cc(O)cc3cccc1c23.Oc1cc2c3c(cccc3c1)CC2.[AlH3].[H-].[Li+].[Li+].[c-]1ccccc1. The van der Waals surface area contributed by atoms with E-state index in [0.717, 1.165) is 63.3 Å². The monoisotopic (exact) mass is 1770 g/mol. The number of hydrogen-bond acceptors (Lipinski definition) is 15. The molecule has 1 aliphatic heterocycles. The standard InChI is InChI=1S/C15H14O5.C13H12Br2O.C13H14O3.C13H12O.C12H6O4.C12H10O.C6H5.Al.BBr3.2Li.4H/c1-18-10-7-9-5-4-6-11(14(16)19-2)13(9)12(8-10)15(17)20-3;2*1-16-12-5-9-3-2-4-10(7-14)13(9)11(6-12)8-15;1-14-12-7-10-4-2-3-9-5-6-11(8-12)13(9)10;13-7-4-6-2-1-3-8-10(6)9(5-7)12(15)16-11(8)14;13-11-6-9-3-1-2-8-4-5-10(7-11)12(8)9;1-2-4-6-5-3-1;;2-1(3)4;;;;;;/h4-8H,1-3H3;2-6H,7-8H2,1H3;2-6,14-15H,7-8H2,1H3;2-4,7-8H,5-6H2,1H3;1-5,13H;1-3,6-7,13H,4-5H2;1-5H;;;;;;;;/q;;;;;;-1;;;2*+1;;;;-1. The maximum atomic E-state index is 11.9. The number of aryl methyl sites for hydroxylation is 4. The number of esters is 4. The summed E-state index contributed by atoms with van der Waals surface area (Å²) in [5, 5.41) is 51.3. The van der Waals surface area contributed by atoms with E-state index >= 15 is 0 Å². The van der Waals surface area contributed by atoms with Crippen molar-refractivity contribution in [2.75, 3.05) is 42.7 Å². The van der Waals surface area contributed by atoms with Gasteiger partial charge in [-0.05, 0) is 209 Å². The van der Waals surface area contributed by atoms with Crippen LogP contribution in [0.5, 0.6) is 34.5 Å².